The van der Waals surface area contributed by atoms with Crippen molar-refractivity contribution < 1.29 is 4.79 Å². The molecular weight excluding hydrogens is 501 g/mol. The zero-order chi connectivity index (χ0) is 19.9. The number of nitrogens with two attached hydrogens (primary N) is 1. The highest BCUT2D eigenvalue weighted by Crippen LogP contribution is 2.19. The van der Waals surface area contributed by atoms with Crippen LogP contribution in [0.2, 0.25) is 0 Å². The minimum Gasteiger partial charge on any atom is -0.370 e. The number of guanidine groups is 1. The number of likely N-dealkylation sites (tertiary alicyclic amines) is 1. The van der Waals surface area contributed by atoms with Crippen molar-refractivity contribution in [1.29, 1.82) is 0 Å². The Morgan fingerprint density at radius 3 is 2.93 bits per heavy atom. The van der Waals surface area contributed by atoms with Crippen LogP contribution in [0.5, 0.6) is 0 Å². The zero-order valence-electron chi connectivity index (χ0n) is 17.0. The van der Waals surface area contributed by atoms with Crippen LogP contribution in [0.15, 0.2) is 22.5 Å². The van der Waals surface area contributed by atoms with Crippen LogP contribution in [-0.2, 0) is 24.8 Å². The van der Waals surface area contributed by atoms with Gasteiger partial charge in [-0.05, 0) is 43.6 Å². The number of nitrogens with zero attached hydrogens (tertiary/aromatic N) is 5. The maximum Gasteiger partial charge on any atom is 0.217 e. The van der Waals surface area contributed by atoms with E-state index >= 15 is 0 Å². The smallest absolute Gasteiger partial charge is 0.217 e. The summed E-state index contributed by atoms with van der Waals surface area (Å²) >= 11 is 1.77. The predicted molar refractivity (Wildman–Crippen MR) is 126 cm³/mol. The molecule has 3 heterocycles. The van der Waals surface area contributed by atoms with Gasteiger partial charge in [0, 0.05) is 38.0 Å². The number of halogens is 1. The summed E-state index contributed by atoms with van der Waals surface area (Å²) < 4.78 is 1.96. The number of aryl methyl sites for hydroxylation is 1. The number of primary amides is 1. The van der Waals surface area contributed by atoms with E-state index in [1.54, 1.807) is 11.3 Å². The average Bonchev–Trinajstić information content (AvgIpc) is 3.29. The number of carbonyl (C=O) groups excluding carboxylic acids is 1. The second-order valence-corrected chi connectivity index (χ2v) is 8.28. The molecule has 1 amide bonds. The second-order valence-electron chi connectivity index (χ2n) is 7.24. The van der Waals surface area contributed by atoms with Crippen LogP contribution < -0.4 is 11.1 Å². The average molecular weight is 531 g/mol. The number of piperidine rings is 1. The highest BCUT2D eigenvalue weighted by molar-refractivity contribution is 14.0. The molecule has 1 unspecified atom stereocenters. The van der Waals surface area contributed by atoms with Gasteiger partial charge in [0.1, 0.15) is 12.4 Å². The van der Waals surface area contributed by atoms with Crippen molar-refractivity contribution in [2.45, 2.75) is 39.2 Å². The van der Waals surface area contributed by atoms with Gasteiger partial charge in [0.2, 0.25) is 5.91 Å². The number of hydrogen-bond acceptors (Lipinski definition) is 5. The van der Waals surface area contributed by atoms with Crippen LogP contribution in [-0.4, -0.2) is 51.2 Å². The Balaban J connectivity index is 0.00000300. The Kier molecular flexibility index (Phi) is 9.34. The minimum atomic E-state index is -0.231. The Labute approximate surface area is 193 Å². The molecule has 0 aliphatic carbocycles. The number of carbonyl (C=O) groups is 1. The van der Waals surface area contributed by atoms with Crippen LogP contribution in [0.1, 0.15) is 35.8 Å². The van der Waals surface area contributed by atoms with E-state index in [1.165, 1.54) is 4.88 Å². The third-order valence-corrected chi connectivity index (χ3v) is 6.03. The first-order valence-electron chi connectivity index (χ1n) is 9.71. The van der Waals surface area contributed by atoms with Crippen LogP contribution in [0.25, 0.3) is 0 Å². The van der Waals surface area contributed by atoms with E-state index in [1.807, 2.05) is 18.5 Å². The summed E-state index contributed by atoms with van der Waals surface area (Å²) in [5.74, 6) is 2.63. The largest absolute Gasteiger partial charge is 0.370 e. The Morgan fingerprint density at radius 2 is 2.28 bits per heavy atom. The van der Waals surface area contributed by atoms with E-state index in [0.29, 0.717) is 13.0 Å². The molecular formula is C19H30IN7OS. The quantitative estimate of drug-likeness (QED) is 0.324. The molecule has 8 nitrogen and oxygen atoms in total. The van der Waals surface area contributed by atoms with Gasteiger partial charge in [0.15, 0.2) is 11.8 Å². The lowest BCUT2D eigenvalue weighted by molar-refractivity contribution is -0.119. The fraction of sp³-hybridized carbons (Fsp3) is 0.579. The number of aliphatic imine (C=N–C) groups is 1. The molecule has 1 aliphatic heterocycles. The van der Waals surface area contributed by atoms with Gasteiger partial charge in [0.05, 0.1) is 0 Å². The van der Waals surface area contributed by atoms with Crippen molar-refractivity contribution in [2.24, 2.45) is 23.7 Å². The topological polar surface area (TPSA) is 101 Å². The van der Waals surface area contributed by atoms with Crippen molar-refractivity contribution in [3.05, 3.63) is 34.0 Å². The summed E-state index contributed by atoms with van der Waals surface area (Å²) in [7, 11) is 1.95. The van der Waals surface area contributed by atoms with Gasteiger partial charge in [-0.25, -0.2) is 4.99 Å². The highest BCUT2D eigenvalue weighted by atomic mass is 127. The molecule has 3 N–H and O–H groups in total. The molecule has 3 rings (SSSR count). The first-order chi connectivity index (χ1) is 13.5. The molecule has 10 heteroatoms. The summed E-state index contributed by atoms with van der Waals surface area (Å²) in [6.07, 6.45) is 3.46. The lowest BCUT2D eigenvalue weighted by Crippen LogP contribution is -2.47. The zero-order valence-corrected chi connectivity index (χ0v) is 20.2. The van der Waals surface area contributed by atoms with E-state index in [9.17, 15) is 4.79 Å². The summed E-state index contributed by atoms with van der Waals surface area (Å²) in [6.45, 7) is 4.94. The molecule has 0 aromatic carbocycles. The van der Waals surface area contributed by atoms with Crippen molar-refractivity contribution in [1.82, 2.24) is 25.0 Å². The standard InChI is InChI=1S/C19H29N7OS.HI/c1-14-23-24-18(25(14)2)12-22-19(21-8-7-16-6-4-10-28-16)26-9-3-5-15(13-26)11-17(20)27;/h4,6,10,15H,3,5,7-9,11-13H2,1-2H3,(H2,20,27)(H,21,22);1H. The normalized spacial score (nSPS) is 17.1. The maximum atomic E-state index is 11.3. The van der Waals surface area contributed by atoms with Gasteiger partial charge in [-0.15, -0.1) is 45.5 Å². The fourth-order valence-corrected chi connectivity index (χ4v) is 4.17. The van der Waals surface area contributed by atoms with Crippen molar-refractivity contribution in [3.8, 4) is 0 Å². The fourth-order valence-electron chi connectivity index (χ4n) is 3.46. The van der Waals surface area contributed by atoms with Gasteiger partial charge >= 0.3 is 0 Å². The first-order valence-corrected chi connectivity index (χ1v) is 10.6. The number of thiophene rings is 1. The number of nitrogens with one attached hydrogen (secondary N) is 1. The molecule has 160 valence electrons. The van der Waals surface area contributed by atoms with Gasteiger partial charge in [0.25, 0.3) is 0 Å². The number of aromatic nitrogens is 3. The molecule has 1 atom stereocenters. The Morgan fingerprint density at radius 1 is 1.45 bits per heavy atom. The van der Waals surface area contributed by atoms with Gasteiger partial charge in [-0.3, -0.25) is 4.79 Å². The van der Waals surface area contributed by atoms with Crippen molar-refractivity contribution in [2.75, 3.05) is 19.6 Å². The highest BCUT2D eigenvalue weighted by Gasteiger charge is 2.23. The number of amides is 1. The molecule has 0 saturated carbocycles. The van der Waals surface area contributed by atoms with Crippen molar-refractivity contribution >= 4 is 47.2 Å². The number of rotatable bonds is 7. The van der Waals surface area contributed by atoms with Crippen LogP contribution in [0.4, 0.5) is 0 Å². The SMILES string of the molecule is Cc1nnc(CN=C(NCCc2cccs2)N2CCCC(CC(N)=O)C2)n1C.I. The Bertz CT molecular complexity index is 806. The monoisotopic (exact) mass is 531 g/mol. The predicted octanol–water partition coefficient (Wildman–Crippen LogP) is 2.08. The summed E-state index contributed by atoms with van der Waals surface area (Å²) in [6, 6.07) is 4.22. The summed E-state index contributed by atoms with van der Waals surface area (Å²) in [4.78, 5) is 19.8. The molecule has 29 heavy (non-hydrogen) atoms. The summed E-state index contributed by atoms with van der Waals surface area (Å²) in [5, 5.41) is 13.9. The van der Waals surface area contributed by atoms with E-state index in [0.717, 1.165) is 56.5 Å². The lowest BCUT2D eigenvalue weighted by Gasteiger charge is -2.34. The van der Waals surface area contributed by atoms with Crippen LogP contribution >= 0.6 is 35.3 Å². The van der Waals surface area contributed by atoms with E-state index < -0.39 is 0 Å². The van der Waals surface area contributed by atoms with E-state index in [4.69, 9.17) is 10.7 Å². The van der Waals surface area contributed by atoms with E-state index in [2.05, 4.69) is 37.9 Å². The molecule has 2 aromatic rings. The van der Waals surface area contributed by atoms with Gasteiger partial charge in [-0.2, -0.15) is 0 Å². The molecule has 1 aliphatic rings. The summed E-state index contributed by atoms with van der Waals surface area (Å²) in [5.41, 5.74) is 5.41. The molecule has 2 aromatic heterocycles. The third-order valence-electron chi connectivity index (χ3n) is 5.10. The molecule has 1 fully saturated rings. The molecule has 0 bridgehead atoms. The van der Waals surface area contributed by atoms with Crippen LogP contribution in [0, 0.1) is 12.8 Å². The lowest BCUT2D eigenvalue weighted by atomic mass is 9.95. The minimum absolute atomic E-state index is 0. The molecule has 0 radical (unpaired) electrons. The third kappa shape index (κ3) is 6.95. The molecule has 1 saturated heterocycles. The van der Waals surface area contributed by atoms with Gasteiger partial charge < -0.3 is 20.5 Å². The van der Waals surface area contributed by atoms with Crippen molar-refractivity contribution in [3.63, 3.8) is 0 Å². The number of hydrogen-bond donors (Lipinski definition) is 2. The first kappa shape index (κ1) is 23.6. The molecule has 0 spiro atoms. The second kappa shape index (κ2) is 11.5. The maximum absolute atomic E-state index is 11.3. The Hall–Kier alpha value is -1.69. The van der Waals surface area contributed by atoms with Gasteiger partial charge in [-0.1, -0.05) is 6.07 Å². The van der Waals surface area contributed by atoms with E-state index in [-0.39, 0.29) is 35.8 Å². The van der Waals surface area contributed by atoms with Crippen LogP contribution in [0.3, 0.4) is 0 Å².